The largest absolute Gasteiger partial charge is 0.348 e. The van der Waals surface area contributed by atoms with E-state index < -0.39 is 0 Å². The van der Waals surface area contributed by atoms with Crippen LogP contribution in [0.2, 0.25) is 0 Å². The van der Waals surface area contributed by atoms with E-state index in [4.69, 9.17) is 0 Å². The lowest BCUT2D eigenvalue weighted by atomic mass is 10.1. The standard InChI is InChI=1S/C19H20BrFN6/c1-10(12-5-7-14(21)8-6-12)22-19-23-11(2)17(20)18(25-19)24-16-9-15(26-27-16)13-3-4-13/h5-10,13H,3-4H2,1-2H3,(H3,22,23,24,25,26,27)/t10-/m0/s1. The number of benzene rings is 1. The molecule has 3 N–H and O–H groups in total. The quantitative estimate of drug-likeness (QED) is 0.500. The van der Waals surface area contributed by atoms with Gasteiger partial charge in [0, 0.05) is 17.7 Å². The van der Waals surface area contributed by atoms with Crippen molar-refractivity contribution in [2.24, 2.45) is 0 Å². The number of H-pyrrole nitrogens is 1. The zero-order valence-electron chi connectivity index (χ0n) is 15.1. The van der Waals surface area contributed by atoms with Crippen molar-refractivity contribution >= 4 is 33.5 Å². The number of aromatic amines is 1. The van der Waals surface area contributed by atoms with E-state index in [1.54, 1.807) is 12.1 Å². The van der Waals surface area contributed by atoms with Gasteiger partial charge in [-0.05, 0) is 60.3 Å². The SMILES string of the molecule is Cc1nc(N[C@@H](C)c2ccc(F)cc2)nc(Nc2cc(C3CC3)[nH]n2)c1Br. The topological polar surface area (TPSA) is 78.5 Å². The van der Waals surface area contributed by atoms with E-state index in [-0.39, 0.29) is 11.9 Å². The fraction of sp³-hybridized carbons (Fsp3) is 0.316. The van der Waals surface area contributed by atoms with Crippen LogP contribution in [0, 0.1) is 12.7 Å². The molecule has 1 fully saturated rings. The molecule has 27 heavy (non-hydrogen) atoms. The lowest BCUT2D eigenvalue weighted by Gasteiger charge is -2.16. The monoisotopic (exact) mass is 430 g/mol. The summed E-state index contributed by atoms with van der Waals surface area (Å²) >= 11 is 3.54. The minimum atomic E-state index is -0.252. The molecule has 0 saturated heterocycles. The van der Waals surface area contributed by atoms with E-state index in [9.17, 15) is 4.39 Å². The molecule has 1 aliphatic rings. The fourth-order valence-electron chi connectivity index (χ4n) is 2.86. The Balaban J connectivity index is 1.53. The zero-order chi connectivity index (χ0) is 19.0. The molecular formula is C19H20BrFN6. The van der Waals surface area contributed by atoms with Crippen LogP contribution in [-0.4, -0.2) is 20.2 Å². The number of anilines is 3. The number of aryl methyl sites for hydroxylation is 1. The van der Waals surface area contributed by atoms with Crippen LogP contribution in [0.5, 0.6) is 0 Å². The van der Waals surface area contributed by atoms with E-state index in [2.05, 4.69) is 46.7 Å². The van der Waals surface area contributed by atoms with Crippen LogP contribution in [0.25, 0.3) is 0 Å². The van der Waals surface area contributed by atoms with Gasteiger partial charge in [0.2, 0.25) is 5.95 Å². The summed E-state index contributed by atoms with van der Waals surface area (Å²) in [5.41, 5.74) is 2.92. The second kappa shape index (κ2) is 7.26. The Morgan fingerprint density at radius 2 is 1.96 bits per heavy atom. The molecule has 0 aliphatic heterocycles. The van der Waals surface area contributed by atoms with Crippen LogP contribution in [0.1, 0.15) is 48.7 Å². The number of hydrogen-bond acceptors (Lipinski definition) is 5. The van der Waals surface area contributed by atoms with E-state index in [0.717, 1.165) is 27.2 Å². The fourth-order valence-corrected chi connectivity index (χ4v) is 3.14. The first-order valence-corrected chi connectivity index (χ1v) is 9.67. The van der Waals surface area contributed by atoms with Gasteiger partial charge >= 0.3 is 0 Å². The highest BCUT2D eigenvalue weighted by Crippen LogP contribution is 2.40. The second-order valence-corrected chi connectivity index (χ2v) is 7.61. The normalized spacial score (nSPS) is 14.8. The van der Waals surface area contributed by atoms with Crippen molar-refractivity contribution in [1.82, 2.24) is 20.2 Å². The maximum absolute atomic E-state index is 13.1. The van der Waals surface area contributed by atoms with Gasteiger partial charge in [0.1, 0.15) is 5.82 Å². The Bertz CT molecular complexity index is 951. The maximum Gasteiger partial charge on any atom is 0.225 e. The summed E-state index contributed by atoms with van der Waals surface area (Å²) < 4.78 is 13.9. The number of rotatable bonds is 6. The zero-order valence-corrected chi connectivity index (χ0v) is 16.6. The highest BCUT2D eigenvalue weighted by Gasteiger charge is 2.25. The van der Waals surface area contributed by atoms with E-state index in [1.807, 2.05) is 19.9 Å². The lowest BCUT2D eigenvalue weighted by Crippen LogP contribution is -2.11. The summed E-state index contributed by atoms with van der Waals surface area (Å²) in [4.78, 5) is 9.06. The molecule has 8 heteroatoms. The van der Waals surface area contributed by atoms with Gasteiger partial charge in [-0.1, -0.05) is 12.1 Å². The molecule has 6 nitrogen and oxygen atoms in total. The first kappa shape index (κ1) is 17.9. The smallest absolute Gasteiger partial charge is 0.225 e. The minimum Gasteiger partial charge on any atom is -0.348 e. The van der Waals surface area contributed by atoms with Crippen LogP contribution >= 0.6 is 15.9 Å². The molecule has 0 spiro atoms. The number of nitrogens with zero attached hydrogens (tertiary/aromatic N) is 3. The Hall–Kier alpha value is -2.48. The molecule has 1 aliphatic carbocycles. The first-order chi connectivity index (χ1) is 13.0. The molecule has 4 rings (SSSR count). The molecule has 1 aromatic carbocycles. The number of nitrogens with one attached hydrogen (secondary N) is 3. The average Bonchev–Trinajstić information content (AvgIpc) is 3.39. The lowest BCUT2D eigenvalue weighted by molar-refractivity contribution is 0.626. The molecule has 0 unspecified atom stereocenters. The Labute approximate surface area is 165 Å². The molecular weight excluding hydrogens is 411 g/mol. The highest BCUT2D eigenvalue weighted by molar-refractivity contribution is 9.10. The van der Waals surface area contributed by atoms with Gasteiger partial charge in [-0.3, -0.25) is 5.10 Å². The van der Waals surface area contributed by atoms with Crippen LogP contribution < -0.4 is 10.6 Å². The van der Waals surface area contributed by atoms with E-state index >= 15 is 0 Å². The Morgan fingerprint density at radius 3 is 2.67 bits per heavy atom. The molecule has 3 aromatic rings. The summed E-state index contributed by atoms with van der Waals surface area (Å²) in [6.45, 7) is 3.89. The van der Waals surface area contributed by atoms with E-state index in [1.165, 1.54) is 25.0 Å². The molecule has 1 atom stereocenters. The minimum absolute atomic E-state index is 0.0640. The van der Waals surface area contributed by atoms with Gasteiger partial charge in [-0.2, -0.15) is 10.1 Å². The third-order valence-electron chi connectivity index (χ3n) is 4.59. The maximum atomic E-state index is 13.1. The predicted molar refractivity (Wildman–Crippen MR) is 107 cm³/mol. The number of hydrogen-bond donors (Lipinski definition) is 3. The molecule has 0 bridgehead atoms. The van der Waals surface area contributed by atoms with Crippen LogP contribution in [-0.2, 0) is 0 Å². The molecule has 2 aromatic heterocycles. The summed E-state index contributed by atoms with van der Waals surface area (Å²) in [5.74, 6) is 2.22. The third-order valence-corrected chi connectivity index (χ3v) is 5.54. The van der Waals surface area contributed by atoms with Crippen molar-refractivity contribution in [2.45, 2.75) is 38.6 Å². The highest BCUT2D eigenvalue weighted by atomic mass is 79.9. The van der Waals surface area contributed by atoms with Gasteiger partial charge < -0.3 is 10.6 Å². The van der Waals surface area contributed by atoms with Crippen LogP contribution in [0.4, 0.5) is 22.0 Å². The summed E-state index contributed by atoms with van der Waals surface area (Å²) in [7, 11) is 0. The van der Waals surface area contributed by atoms with Crippen molar-refractivity contribution in [1.29, 1.82) is 0 Å². The third kappa shape index (κ3) is 4.10. The van der Waals surface area contributed by atoms with Crippen molar-refractivity contribution < 1.29 is 4.39 Å². The number of halogens is 2. The number of aromatic nitrogens is 4. The first-order valence-electron chi connectivity index (χ1n) is 8.88. The van der Waals surface area contributed by atoms with Crippen LogP contribution in [0.15, 0.2) is 34.8 Å². The van der Waals surface area contributed by atoms with Gasteiger partial charge in [0.05, 0.1) is 16.2 Å². The van der Waals surface area contributed by atoms with Crippen molar-refractivity contribution in [3.63, 3.8) is 0 Å². The summed E-state index contributed by atoms with van der Waals surface area (Å²) in [6.07, 6.45) is 2.43. The Kier molecular flexibility index (Phi) is 4.82. The van der Waals surface area contributed by atoms with Gasteiger partial charge in [0.25, 0.3) is 0 Å². The van der Waals surface area contributed by atoms with Crippen LogP contribution in [0.3, 0.4) is 0 Å². The summed E-state index contributed by atoms with van der Waals surface area (Å²) in [6, 6.07) is 8.36. The molecule has 0 amide bonds. The molecule has 0 radical (unpaired) electrons. The second-order valence-electron chi connectivity index (χ2n) is 6.82. The molecule has 2 heterocycles. The summed E-state index contributed by atoms with van der Waals surface area (Å²) in [5, 5.41) is 13.9. The predicted octanol–water partition coefficient (Wildman–Crippen LogP) is 5.20. The molecule has 1 saturated carbocycles. The van der Waals surface area contributed by atoms with Crippen molar-refractivity contribution in [3.05, 3.63) is 57.6 Å². The molecule has 140 valence electrons. The van der Waals surface area contributed by atoms with Crippen molar-refractivity contribution in [3.8, 4) is 0 Å². The average molecular weight is 431 g/mol. The van der Waals surface area contributed by atoms with Gasteiger partial charge in [0.15, 0.2) is 11.6 Å². The van der Waals surface area contributed by atoms with Gasteiger partial charge in [-0.15, -0.1) is 0 Å². The van der Waals surface area contributed by atoms with E-state index in [0.29, 0.717) is 17.7 Å². The van der Waals surface area contributed by atoms with Crippen molar-refractivity contribution in [2.75, 3.05) is 10.6 Å². The van der Waals surface area contributed by atoms with Gasteiger partial charge in [-0.25, -0.2) is 9.37 Å². The Morgan fingerprint density at radius 1 is 1.22 bits per heavy atom.